The molecule has 2 aromatic carbocycles. The van der Waals surface area contributed by atoms with E-state index < -0.39 is 14.9 Å². The van der Waals surface area contributed by atoms with Gasteiger partial charge < -0.3 is 5.32 Å². The molecule has 1 N–H and O–H groups in total. The van der Waals surface area contributed by atoms with Gasteiger partial charge in [-0.05, 0) is 49.3 Å². The topological polar surface area (TPSA) is 92.5 Å². The van der Waals surface area contributed by atoms with Crippen LogP contribution in [-0.4, -0.2) is 30.7 Å². The minimum Gasteiger partial charge on any atom is -0.372 e. The molecule has 2 aliphatic rings. The molecule has 1 heterocycles. The Hall–Kier alpha value is -2.45. The van der Waals surface area contributed by atoms with E-state index in [4.69, 9.17) is 0 Å². The van der Waals surface area contributed by atoms with Crippen LogP contribution in [-0.2, 0) is 10.0 Å². The zero-order valence-corrected chi connectivity index (χ0v) is 17.0. The molecular weight excluding hydrogens is 390 g/mol. The van der Waals surface area contributed by atoms with Gasteiger partial charge in [0.15, 0.2) is 0 Å². The van der Waals surface area contributed by atoms with E-state index in [1.165, 1.54) is 22.5 Å². The molecule has 1 atom stereocenters. The Kier molecular flexibility index (Phi) is 5.56. The molecule has 2 fully saturated rings. The second-order valence-electron chi connectivity index (χ2n) is 7.77. The number of hydrogen-bond donors (Lipinski definition) is 1. The van der Waals surface area contributed by atoms with E-state index in [1.807, 2.05) is 30.3 Å². The Balaban J connectivity index is 1.65. The van der Waals surface area contributed by atoms with Crippen LogP contribution < -0.4 is 5.32 Å². The Morgan fingerprint density at radius 3 is 2.34 bits per heavy atom. The van der Waals surface area contributed by atoms with Crippen LogP contribution >= 0.6 is 0 Å². The third-order valence-corrected chi connectivity index (χ3v) is 7.58. The number of piperidine rings is 1. The number of sulfonamides is 1. The molecule has 1 saturated heterocycles. The van der Waals surface area contributed by atoms with Crippen LogP contribution in [0.3, 0.4) is 0 Å². The van der Waals surface area contributed by atoms with Gasteiger partial charge in [-0.1, -0.05) is 36.8 Å². The predicted molar refractivity (Wildman–Crippen MR) is 111 cm³/mol. The van der Waals surface area contributed by atoms with E-state index in [0.29, 0.717) is 24.7 Å². The molecular formula is C21H25N3O4S. The maximum atomic E-state index is 12.9. The number of rotatable bonds is 7. The highest BCUT2D eigenvalue weighted by Crippen LogP contribution is 2.44. The van der Waals surface area contributed by atoms with Gasteiger partial charge in [0, 0.05) is 19.2 Å². The van der Waals surface area contributed by atoms with Crippen molar-refractivity contribution < 1.29 is 13.3 Å². The Bertz CT molecular complexity index is 984. The number of anilines is 1. The van der Waals surface area contributed by atoms with Gasteiger partial charge in [-0.15, -0.1) is 0 Å². The summed E-state index contributed by atoms with van der Waals surface area (Å²) < 4.78 is 27.3. The van der Waals surface area contributed by atoms with Crippen molar-refractivity contribution in [1.29, 1.82) is 0 Å². The molecule has 1 saturated carbocycles. The van der Waals surface area contributed by atoms with Crippen LogP contribution in [0.1, 0.15) is 43.7 Å². The first-order chi connectivity index (χ1) is 14.0. The lowest BCUT2D eigenvalue weighted by atomic mass is 10.0. The Morgan fingerprint density at radius 1 is 1.03 bits per heavy atom. The molecule has 1 aliphatic heterocycles. The molecule has 0 aromatic heterocycles. The summed E-state index contributed by atoms with van der Waals surface area (Å²) >= 11 is 0. The van der Waals surface area contributed by atoms with Gasteiger partial charge in [-0.25, -0.2) is 8.42 Å². The van der Waals surface area contributed by atoms with Crippen LogP contribution in [0.15, 0.2) is 53.4 Å². The molecule has 2 aromatic rings. The molecule has 0 bridgehead atoms. The van der Waals surface area contributed by atoms with E-state index in [9.17, 15) is 18.5 Å². The molecule has 7 nitrogen and oxygen atoms in total. The molecule has 0 amide bonds. The summed E-state index contributed by atoms with van der Waals surface area (Å²) in [5, 5.41) is 15.1. The highest BCUT2D eigenvalue weighted by atomic mass is 32.2. The van der Waals surface area contributed by atoms with Crippen molar-refractivity contribution in [2.45, 2.75) is 43.0 Å². The van der Waals surface area contributed by atoms with Crippen LogP contribution in [0.2, 0.25) is 0 Å². The predicted octanol–water partition coefficient (Wildman–Crippen LogP) is 4.33. The van der Waals surface area contributed by atoms with Gasteiger partial charge in [0.1, 0.15) is 5.69 Å². The van der Waals surface area contributed by atoms with Crippen LogP contribution in [0, 0.1) is 16.0 Å². The van der Waals surface area contributed by atoms with Crippen LogP contribution in [0.25, 0.3) is 0 Å². The average molecular weight is 416 g/mol. The molecule has 29 heavy (non-hydrogen) atoms. The second-order valence-corrected chi connectivity index (χ2v) is 9.71. The number of nitro groups is 1. The molecule has 8 heteroatoms. The normalized spacial score (nSPS) is 18.9. The van der Waals surface area contributed by atoms with E-state index in [2.05, 4.69) is 5.32 Å². The van der Waals surface area contributed by atoms with E-state index in [0.717, 1.165) is 37.7 Å². The lowest BCUT2D eigenvalue weighted by molar-refractivity contribution is -0.384. The lowest BCUT2D eigenvalue weighted by Crippen LogP contribution is -2.35. The third kappa shape index (κ3) is 4.28. The van der Waals surface area contributed by atoms with E-state index in [1.54, 1.807) is 0 Å². The van der Waals surface area contributed by atoms with Crippen LogP contribution in [0.4, 0.5) is 11.4 Å². The summed E-state index contributed by atoms with van der Waals surface area (Å²) in [5.41, 5.74) is 1.23. The summed E-state index contributed by atoms with van der Waals surface area (Å²) in [6.07, 6.45) is 4.79. The van der Waals surface area contributed by atoms with Gasteiger partial charge in [0.2, 0.25) is 10.0 Å². The molecule has 1 aliphatic carbocycles. The van der Waals surface area contributed by atoms with Crippen molar-refractivity contribution in [3.05, 3.63) is 64.2 Å². The highest BCUT2D eigenvalue weighted by Gasteiger charge is 2.34. The number of benzene rings is 2. The molecule has 154 valence electrons. The van der Waals surface area contributed by atoms with Gasteiger partial charge in [-0.2, -0.15) is 4.31 Å². The Morgan fingerprint density at radius 2 is 1.72 bits per heavy atom. The first-order valence-electron chi connectivity index (χ1n) is 10.1. The molecule has 0 unspecified atom stereocenters. The summed E-state index contributed by atoms with van der Waals surface area (Å²) in [4.78, 5) is 11.2. The van der Waals surface area contributed by atoms with E-state index >= 15 is 0 Å². The summed E-state index contributed by atoms with van der Waals surface area (Å²) in [5.74, 6) is 0.425. The van der Waals surface area contributed by atoms with E-state index in [-0.39, 0.29) is 16.6 Å². The van der Waals surface area contributed by atoms with Crippen molar-refractivity contribution in [2.24, 2.45) is 5.92 Å². The highest BCUT2D eigenvalue weighted by molar-refractivity contribution is 7.89. The van der Waals surface area contributed by atoms with Crippen molar-refractivity contribution in [3.8, 4) is 0 Å². The van der Waals surface area contributed by atoms with Crippen molar-refractivity contribution in [3.63, 3.8) is 0 Å². The summed E-state index contributed by atoms with van der Waals surface area (Å²) in [6.45, 7) is 0.932. The summed E-state index contributed by atoms with van der Waals surface area (Å²) in [6, 6.07) is 14.1. The molecule has 0 spiro atoms. The molecule has 4 rings (SSSR count). The Labute approximate surface area is 170 Å². The minimum atomic E-state index is -3.72. The quantitative estimate of drug-likeness (QED) is 0.537. The van der Waals surface area contributed by atoms with Gasteiger partial charge in [0.25, 0.3) is 5.69 Å². The van der Waals surface area contributed by atoms with Crippen molar-refractivity contribution in [2.75, 3.05) is 18.4 Å². The van der Waals surface area contributed by atoms with Gasteiger partial charge >= 0.3 is 0 Å². The maximum absolute atomic E-state index is 12.9. The van der Waals surface area contributed by atoms with Crippen molar-refractivity contribution in [1.82, 2.24) is 4.31 Å². The standard InChI is InChI=1S/C21H25N3O4S/c25-24(26)20-15-18(29(27,28)23-13-5-2-6-14-23)11-12-19(20)22-21(17-9-10-17)16-7-3-1-4-8-16/h1,3-4,7-8,11-12,15,17,21-22H,2,5-6,9-10,13-14H2/t21-/m0/s1. The van der Waals surface area contributed by atoms with Gasteiger partial charge in [-0.3, -0.25) is 10.1 Å². The zero-order valence-electron chi connectivity index (χ0n) is 16.2. The maximum Gasteiger partial charge on any atom is 0.293 e. The number of nitro benzene ring substituents is 1. The average Bonchev–Trinajstić information content (AvgIpc) is 3.58. The van der Waals surface area contributed by atoms with Gasteiger partial charge in [0.05, 0.1) is 15.9 Å². The fraction of sp³-hybridized carbons (Fsp3) is 0.429. The SMILES string of the molecule is O=[N+]([O-])c1cc(S(=O)(=O)N2CCCCC2)ccc1N[C@@H](c1ccccc1)C1CC1. The summed E-state index contributed by atoms with van der Waals surface area (Å²) in [7, 11) is -3.72. The fourth-order valence-electron chi connectivity index (χ4n) is 3.93. The lowest BCUT2D eigenvalue weighted by Gasteiger charge is -2.26. The zero-order chi connectivity index (χ0) is 20.4. The monoisotopic (exact) mass is 415 g/mol. The smallest absolute Gasteiger partial charge is 0.293 e. The fourth-order valence-corrected chi connectivity index (χ4v) is 5.47. The largest absolute Gasteiger partial charge is 0.372 e. The minimum absolute atomic E-state index is 0.0145. The van der Waals surface area contributed by atoms with Crippen LogP contribution in [0.5, 0.6) is 0 Å². The number of hydrogen-bond acceptors (Lipinski definition) is 5. The number of nitrogens with one attached hydrogen (secondary N) is 1. The molecule has 0 radical (unpaired) electrons. The number of nitrogens with zero attached hydrogens (tertiary/aromatic N) is 2. The third-order valence-electron chi connectivity index (χ3n) is 5.68. The van der Waals surface area contributed by atoms with Crippen molar-refractivity contribution >= 4 is 21.4 Å². The first-order valence-corrected chi connectivity index (χ1v) is 11.5. The second kappa shape index (κ2) is 8.12. The first kappa shape index (κ1) is 19.8.